The summed E-state index contributed by atoms with van der Waals surface area (Å²) in [4.78, 5) is 13.7. The predicted octanol–water partition coefficient (Wildman–Crippen LogP) is 0.268. The quantitative estimate of drug-likeness (QED) is 0.782. The fourth-order valence-corrected chi connectivity index (χ4v) is 2.86. The molecule has 1 fully saturated rings. The van der Waals surface area contributed by atoms with E-state index in [0.717, 1.165) is 32.2 Å². The van der Waals surface area contributed by atoms with Gasteiger partial charge in [0.05, 0.1) is 0 Å². The molecule has 0 spiro atoms. The van der Waals surface area contributed by atoms with E-state index in [9.17, 15) is 13.2 Å². The van der Waals surface area contributed by atoms with Crippen molar-refractivity contribution in [1.82, 2.24) is 10.2 Å². The molecule has 1 heterocycles. The molecule has 1 aliphatic rings. The molecule has 0 saturated carbocycles. The van der Waals surface area contributed by atoms with Crippen LogP contribution in [0.15, 0.2) is 0 Å². The van der Waals surface area contributed by atoms with Crippen molar-refractivity contribution in [3.05, 3.63) is 0 Å². The Morgan fingerprint density at radius 3 is 2.33 bits per heavy atom. The van der Waals surface area contributed by atoms with Crippen LogP contribution in [0.2, 0.25) is 0 Å². The topological polar surface area (TPSA) is 66.5 Å². The van der Waals surface area contributed by atoms with Gasteiger partial charge in [-0.1, -0.05) is 0 Å². The van der Waals surface area contributed by atoms with Crippen LogP contribution in [0.25, 0.3) is 0 Å². The number of rotatable bonds is 5. The van der Waals surface area contributed by atoms with Crippen molar-refractivity contribution < 1.29 is 13.2 Å². The second-order valence-electron chi connectivity index (χ2n) is 5.40. The summed E-state index contributed by atoms with van der Waals surface area (Å²) in [7, 11) is -3.25. The molecule has 1 rings (SSSR count). The number of nitrogens with one attached hydrogen (secondary N) is 1. The van der Waals surface area contributed by atoms with E-state index in [4.69, 9.17) is 0 Å². The molecule has 106 valence electrons. The molecule has 0 unspecified atom stereocenters. The molecular weight excluding hydrogens is 252 g/mol. The van der Waals surface area contributed by atoms with Gasteiger partial charge in [0.2, 0.25) is 5.91 Å². The maximum absolute atomic E-state index is 12.0. The first kappa shape index (κ1) is 15.4. The summed E-state index contributed by atoms with van der Waals surface area (Å²) >= 11 is 0. The van der Waals surface area contributed by atoms with Crippen LogP contribution in [0.4, 0.5) is 0 Å². The standard InChI is InChI=1S/C12H24N2O3S/c1-10(2)14(12(15)9-18(3,16)17)8-11-4-6-13-7-5-11/h10-11,13H,4-9H2,1-3H3. The first-order chi connectivity index (χ1) is 8.29. The summed E-state index contributed by atoms with van der Waals surface area (Å²) < 4.78 is 22.4. The van der Waals surface area contributed by atoms with Crippen molar-refractivity contribution in [1.29, 1.82) is 0 Å². The SMILES string of the molecule is CC(C)N(CC1CCNCC1)C(=O)CS(C)(=O)=O. The van der Waals surface area contributed by atoms with Crippen LogP contribution in [-0.2, 0) is 14.6 Å². The highest BCUT2D eigenvalue weighted by atomic mass is 32.2. The third-order valence-electron chi connectivity index (χ3n) is 3.24. The third kappa shape index (κ3) is 5.35. The van der Waals surface area contributed by atoms with Gasteiger partial charge in [0.15, 0.2) is 9.84 Å². The van der Waals surface area contributed by atoms with Gasteiger partial charge >= 0.3 is 0 Å². The third-order valence-corrected chi connectivity index (χ3v) is 4.01. The minimum absolute atomic E-state index is 0.0501. The van der Waals surface area contributed by atoms with Gasteiger partial charge < -0.3 is 10.2 Å². The molecule has 0 radical (unpaired) electrons. The van der Waals surface area contributed by atoms with Gasteiger partial charge in [-0.25, -0.2) is 8.42 Å². The number of piperidine rings is 1. The monoisotopic (exact) mass is 276 g/mol. The van der Waals surface area contributed by atoms with Crippen molar-refractivity contribution in [2.24, 2.45) is 5.92 Å². The van der Waals surface area contributed by atoms with Crippen molar-refractivity contribution in [3.63, 3.8) is 0 Å². The number of amides is 1. The van der Waals surface area contributed by atoms with Crippen LogP contribution in [-0.4, -0.2) is 56.9 Å². The second kappa shape index (κ2) is 6.52. The van der Waals surface area contributed by atoms with Crippen LogP contribution >= 0.6 is 0 Å². The highest BCUT2D eigenvalue weighted by Crippen LogP contribution is 2.15. The Balaban J connectivity index is 2.61. The second-order valence-corrected chi connectivity index (χ2v) is 7.54. The fraction of sp³-hybridized carbons (Fsp3) is 0.917. The van der Waals surface area contributed by atoms with E-state index in [-0.39, 0.29) is 17.7 Å². The largest absolute Gasteiger partial charge is 0.339 e. The maximum Gasteiger partial charge on any atom is 0.237 e. The summed E-state index contributed by atoms with van der Waals surface area (Å²) in [6.45, 7) is 6.50. The Morgan fingerprint density at radius 1 is 1.33 bits per heavy atom. The smallest absolute Gasteiger partial charge is 0.237 e. The lowest BCUT2D eigenvalue weighted by atomic mass is 9.97. The van der Waals surface area contributed by atoms with E-state index < -0.39 is 9.84 Å². The molecule has 6 heteroatoms. The lowest BCUT2D eigenvalue weighted by molar-refractivity contribution is -0.130. The van der Waals surface area contributed by atoms with Crippen molar-refractivity contribution >= 4 is 15.7 Å². The average molecular weight is 276 g/mol. The average Bonchev–Trinajstić information content (AvgIpc) is 2.24. The van der Waals surface area contributed by atoms with Crippen LogP contribution in [0, 0.1) is 5.92 Å². The molecule has 0 bridgehead atoms. The Morgan fingerprint density at radius 2 is 1.89 bits per heavy atom. The highest BCUT2D eigenvalue weighted by molar-refractivity contribution is 7.91. The van der Waals surface area contributed by atoms with E-state index in [1.807, 2.05) is 13.8 Å². The molecule has 1 N–H and O–H groups in total. The highest BCUT2D eigenvalue weighted by Gasteiger charge is 2.24. The van der Waals surface area contributed by atoms with Crippen LogP contribution < -0.4 is 5.32 Å². The summed E-state index contributed by atoms with van der Waals surface area (Å²) in [5.41, 5.74) is 0. The first-order valence-corrected chi connectivity index (χ1v) is 8.53. The molecule has 0 aromatic heterocycles. The Kier molecular flexibility index (Phi) is 5.59. The number of nitrogens with zero attached hydrogens (tertiary/aromatic N) is 1. The Bertz CT molecular complexity index is 373. The number of carbonyl (C=O) groups is 1. The molecule has 18 heavy (non-hydrogen) atoms. The Hall–Kier alpha value is -0.620. The van der Waals surface area contributed by atoms with E-state index in [1.54, 1.807) is 4.90 Å². The molecule has 0 atom stereocenters. The zero-order chi connectivity index (χ0) is 13.8. The summed E-state index contributed by atoms with van der Waals surface area (Å²) in [5, 5.41) is 3.29. The zero-order valence-corrected chi connectivity index (χ0v) is 12.3. The number of sulfone groups is 1. The maximum atomic E-state index is 12.0. The minimum Gasteiger partial charge on any atom is -0.339 e. The molecule has 1 amide bonds. The molecular formula is C12H24N2O3S. The van der Waals surface area contributed by atoms with Gasteiger partial charge in [-0.3, -0.25) is 4.79 Å². The van der Waals surface area contributed by atoms with E-state index in [2.05, 4.69) is 5.32 Å². The summed E-state index contributed by atoms with van der Waals surface area (Å²) in [6, 6.07) is 0.0501. The molecule has 1 saturated heterocycles. The molecule has 0 aromatic carbocycles. The predicted molar refractivity (Wildman–Crippen MR) is 72.2 cm³/mol. The Labute approximate surface area is 110 Å². The van der Waals surface area contributed by atoms with Crippen LogP contribution in [0.5, 0.6) is 0 Å². The van der Waals surface area contributed by atoms with Gasteiger partial charge in [-0.2, -0.15) is 0 Å². The number of carbonyl (C=O) groups excluding carboxylic acids is 1. The van der Waals surface area contributed by atoms with E-state index in [1.165, 1.54) is 0 Å². The number of hydrogen-bond acceptors (Lipinski definition) is 4. The number of hydrogen-bond donors (Lipinski definition) is 1. The van der Waals surface area contributed by atoms with E-state index >= 15 is 0 Å². The molecule has 0 aromatic rings. The molecule has 1 aliphatic heterocycles. The van der Waals surface area contributed by atoms with E-state index in [0.29, 0.717) is 12.5 Å². The van der Waals surface area contributed by atoms with Crippen molar-refractivity contribution in [3.8, 4) is 0 Å². The van der Waals surface area contributed by atoms with Crippen molar-refractivity contribution in [2.45, 2.75) is 32.7 Å². The summed E-state index contributed by atoms with van der Waals surface area (Å²) in [5.74, 6) is -0.168. The first-order valence-electron chi connectivity index (χ1n) is 6.47. The van der Waals surface area contributed by atoms with Crippen LogP contribution in [0.3, 0.4) is 0 Å². The normalized spacial score (nSPS) is 18.0. The van der Waals surface area contributed by atoms with Gasteiger partial charge in [-0.05, 0) is 45.7 Å². The minimum atomic E-state index is -3.25. The van der Waals surface area contributed by atoms with Gasteiger partial charge in [0.1, 0.15) is 5.75 Å². The molecule has 0 aliphatic carbocycles. The van der Waals surface area contributed by atoms with Gasteiger partial charge in [-0.15, -0.1) is 0 Å². The lowest BCUT2D eigenvalue weighted by Gasteiger charge is -2.32. The lowest BCUT2D eigenvalue weighted by Crippen LogP contribution is -2.45. The van der Waals surface area contributed by atoms with Crippen LogP contribution in [0.1, 0.15) is 26.7 Å². The van der Waals surface area contributed by atoms with Crippen molar-refractivity contribution in [2.75, 3.05) is 31.6 Å². The van der Waals surface area contributed by atoms with Gasteiger partial charge in [0.25, 0.3) is 0 Å². The van der Waals surface area contributed by atoms with Gasteiger partial charge in [0, 0.05) is 18.8 Å². The fourth-order valence-electron chi connectivity index (χ4n) is 2.25. The molecule has 5 nitrogen and oxygen atoms in total. The summed E-state index contributed by atoms with van der Waals surface area (Å²) in [6.07, 6.45) is 3.21. The zero-order valence-electron chi connectivity index (χ0n) is 11.5.